The molecule has 0 amide bonds. The summed E-state index contributed by atoms with van der Waals surface area (Å²) < 4.78 is 1.74. The van der Waals surface area contributed by atoms with Crippen molar-refractivity contribution in [1.29, 1.82) is 0 Å². The van der Waals surface area contributed by atoms with Crippen LogP contribution in [0, 0.1) is 12.8 Å². The van der Waals surface area contributed by atoms with Gasteiger partial charge in [-0.25, -0.2) is 0 Å². The third kappa shape index (κ3) is 2.77. The maximum absolute atomic E-state index is 6.22. The van der Waals surface area contributed by atoms with E-state index in [0.717, 1.165) is 23.0 Å². The lowest BCUT2D eigenvalue weighted by Crippen LogP contribution is -2.32. The van der Waals surface area contributed by atoms with Crippen LogP contribution in [0.5, 0.6) is 0 Å². The first-order valence-corrected chi connectivity index (χ1v) is 6.10. The lowest BCUT2D eigenvalue weighted by Gasteiger charge is -2.27. The van der Waals surface area contributed by atoms with Crippen LogP contribution in [-0.4, -0.2) is 27.8 Å². The van der Waals surface area contributed by atoms with E-state index >= 15 is 0 Å². The zero-order valence-corrected chi connectivity index (χ0v) is 11.8. The predicted molar refractivity (Wildman–Crippen MR) is 68.7 cm³/mol. The Balaban J connectivity index is 2.80. The van der Waals surface area contributed by atoms with E-state index in [1.54, 1.807) is 4.68 Å². The third-order valence-electron chi connectivity index (χ3n) is 3.34. The van der Waals surface area contributed by atoms with Gasteiger partial charge in [0.1, 0.15) is 5.15 Å². The maximum atomic E-state index is 6.22. The van der Waals surface area contributed by atoms with E-state index in [0.29, 0.717) is 12.0 Å². The number of halogens is 1. The highest BCUT2D eigenvalue weighted by Crippen LogP contribution is 2.21. The van der Waals surface area contributed by atoms with Crippen molar-refractivity contribution in [2.45, 2.75) is 40.3 Å². The van der Waals surface area contributed by atoms with Gasteiger partial charge in [-0.2, -0.15) is 5.10 Å². The van der Waals surface area contributed by atoms with Crippen LogP contribution < -0.4 is 0 Å². The molecule has 4 heteroatoms. The zero-order chi connectivity index (χ0) is 12.5. The van der Waals surface area contributed by atoms with E-state index in [1.165, 1.54) is 0 Å². The van der Waals surface area contributed by atoms with Gasteiger partial charge in [0.2, 0.25) is 0 Å². The van der Waals surface area contributed by atoms with Crippen LogP contribution >= 0.6 is 11.6 Å². The fourth-order valence-corrected chi connectivity index (χ4v) is 1.99. The Morgan fingerprint density at radius 3 is 2.31 bits per heavy atom. The molecule has 1 atom stereocenters. The van der Waals surface area contributed by atoms with Gasteiger partial charge in [0.05, 0.1) is 5.69 Å². The van der Waals surface area contributed by atoms with Crippen LogP contribution in [0.25, 0.3) is 0 Å². The van der Waals surface area contributed by atoms with Crippen LogP contribution in [0.3, 0.4) is 0 Å². The largest absolute Gasteiger partial charge is 0.299 e. The Kier molecular flexibility index (Phi) is 4.39. The molecule has 0 N–H and O–H groups in total. The van der Waals surface area contributed by atoms with E-state index in [-0.39, 0.29) is 0 Å². The van der Waals surface area contributed by atoms with Crippen molar-refractivity contribution >= 4 is 11.6 Å². The quantitative estimate of drug-likeness (QED) is 0.811. The Morgan fingerprint density at radius 1 is 1.38 bits per heavy atom. The summed E-state index contributed by atoms with van der Waals surface area (Å²) in [6.07, 6.45) is 0. The molecule has 1 rings (SSSR count). The summed E-state index contributed by atoms with van der Waals surface area (Å²) in [7, 11) is 4.01. The average molecular weight is 244 g/mol. The molecule has 1 aromatic rings. The standard InChI is InChI=1S/C12H22ClN3/c1-8(2)10(4)15(5)7-11-9(3)14-16(6)12(11)13/h8,10H,7H2,1-6H3. The summed E-state index contributed by atoms with van der Waals surface area (Å²) in [6.45, 7) is 9.58. The molecule has 1 heterocycles. The van der Waals surface area contributed by atoms with Crippen molar-refractivity contribution in [3.05, 3.63) is 16.4 Å². The highest BCUT2D eigenvalue weighted by atomic mass is 35.5. The van der Waals surface area contributed by atoms with Gasteiger partial charge in [0, 0.05) is 25.2 Å². The summed E-state index contributed by atoms with van der Waals surface area (Å²) in [5.41, 5.74) is 2.16. The third-order valence-corrected chi connectivity index (χ3v) is 3.81. The molecule has 16 heavy (non-hydrogen) atoms. The van der Waals surface area contributed by atoms with Gasteiger partial charge >= 0.3 is 0 Å². The molecular formula is C12H22ClN3. The number of hydrogen-bond donors (Lipinski definition) is 0. The van der Waals surface area contributed by atoms with Crippen LogP contribution in [0.2, 0.25) is 5.15 Å². The molecule has 0 saturated heterocycles. The Morgan fingerprint density at radius 2 is 1.94 bits per heavy atom. The second kappa shape index (κ2) is 5.19. The molecule has 0 aliphatic rings. The van der Waals surface area contributed by atoms with Crippen LogP contribution in [0.15, 0.2) is 0 Å². The van der Waals surface area contributed by atoms with Gasteiger partial charge in [0.25, 0.3) is 0 Å². The van der Waals surface area contributed by atoms with Crippen molar-refractivity contribution in [2.24, 2.45) is 13.0 Å². The van der Waals surface area contributed by atoms with Gasteiger partial charge in [-0.15, -0.1) is 0 Å². The monoisotopic (exact) mass is 243 g/mol. The number of hydrogen-bond acceptors (Lipinski definition) is 2. The van der Waals surface area contributed by atoms with Gasteiger partial charge < -0.3 is 0 Å². The molecule has 92 valence electrons. The maximum Gasteiger partial charge on any atom is 0.131 e. The Hall–Kier alpha value is -0.540. The number of aromatic nitrogens is 2. The zero-order valence-electron chi connectivity index (χ0n) is 11.1. The molecule has 0 aromatic carbocycles. The molecule has 0 bridgehead atoms. The lowest BCUT2D eigenvalue weighted by molar-refractivity contribution is 0.200. The van der Waals surface area contributed by atoms with Crippen molar-refractivity contribution < 1.29 is 0 Å². The minimum atomic E-state index is 0.538. The van der Waals surface area contributed by atoms with Crippen molar-refractivity contribution in [3.63, 3.8) is 0 Å². The fraction of sp³-hybridized carbons (Fsp3) is 0.750. The van der Waals surface area contributed by atoms with Crippen LogP contribution in [0.4, 0.5) is 0 Å². The number of nitrogens with zero attached hydrogens (tertiary/aromatic N) is 3. The molecule has 0 aliphatic heterocycles. The minimum Gasteiger partial charge on any atom is -0.299 e. The molecule has 0 radical (unpaired) electrons. The van der Waals surface area contributed by atoms with E-state index in [4.69, 9.17) is 11.6 Å². The first-order valence-electron chi connectivity index (χ1n) is 5.72. The molecule has 1 aromatic heterocycles. The van der Waals surface area contributed by atoms with E-state index in [1.807, 2.05) is 14.0 Å². The average Bonchev–Trinajstić information content (AvgIpc) is 2.43. The van der Waals surface area contributed by atoms with Crippen molar-refractivity contribution in [3.8, 4) is 0 Å². The lowest BCUT2D eigenvalue weighted by atomic mass is 10.0. The molecule has 0 saturated carbocycles. The summed E-state index contributed by atoms with van der Waals surface area (Å²) in [5, 5.41) is 5.08. The second-order valence-electron chi connectivity index (χ2n) is 4.88. The molecular weight excluding hydrogens is 222 g/mol. The van der Waals surface area contributed by atoms with E-state index in [2.05, 4.69) is 37.8 Å². The van der Waals surface area contributed by atoms with Crippen LogP contribution in [0.1, 0.15) is 32.0 Å². The van der Waals surface area contributed by atoms with Gasteiger partial charge in [-0.3, -0.25) is 9.58 Å². The summed E-state index contributed by atoms with van der Waals surface area (Å²) in [5.74, 6) is 0.640. The van der Waals surface area contributed by atoms with Crippen molar-refractivity contribution in [2.75, 3.05) is 7.05 Å². The first-order chi connectivity index (χ1) is 7.34. The summed E-state index contributed by atoms with van der Waals surface area (Å²) >= 11 is 6.22. The van der Waals surface area contributed by atoms with Gasteiger partial charge in [-0.1, -0.05) is 25.4 Å². The van der Waals surface area contributed by atoms with Crippen LogP contribution in [-0.2, 0) is 13.6 Å². The normalized spacial score (nSPS) is 13.8. The highest BCUT2D eigenvalue weighted by Gasteiger charge is 2.18. The number of rotatable bonds is 4. The van der Waals surface area contributed by atoms with Gasteiger partial charge in [0.15, 0.2) is 0 Å². The first kappa shape index (κ1) is 13.5. The molecule has 3 nitrogen and oxygen atoms in total. The van der Waals surface area contributed by atoms with Crippen molar-refractivity contribution in [1.82, 2.24) is 14.7 Å². The number of aryl methyl sites for hydroxylation is 2. The highest BCUT2D eigenvalue weighted by molar-refractivity contribution is 6.30. The summed E-state index contributed by atoms with van der Waals surface area (Å²) in [4.78, 5) is 2.32. The van der Waals surface area contributed by atoms with E-state index in [9.17, 15) is 0 Å². The topological polar surface area (TPSA) is 21.1 Å². The molecule has 0 spiro atoms. The Bertz CT molecular complexity index is 357. The smallest absolute Gasteiger partial charge is 0.131 e. The molecule has 0 fully saturated rings. The predicted octanol–water partition coefficient (Wildman–Crippen LogP) is 2.86. The SMILES string of the molecule is Cc1nn(C)c(Cl)c1CN(C)C(C)C(C)C. The molecule has 1 unspecified atom stereocenters. The summed E-state index contributed by atoms with van der Waals surface area (Å²) in [6, 6.07) is 0.538. The van der Waals surface area contributed by atoms with E-state index < -0.39 is 0 Å². The second-order valence-corrected chi connectivity index (χ2v) is 5.24. The van der Waals surface area contributed by atoms with Gasteiger partial charge in [-0.05, 0) is 26.8 Å². The molecule has 0 aliphatic carbocycles. The minimum absolute atomic E-state index is 0.538. The Labute approximate surface area is 103 Å². The fourth-order valence-electron chi connectivity index (χ4n) is 1.76.